The average molecular weight is 404 g/mol. The molecule has 2 rings (SSSR count). The van der Waals surface area contributed by atoms with Gasteiger partial charge >= 0.3 is 5.97 Å². The average Bonchev–Trinajstić information content (AvgIpc) is 2.57. The van der Waals surface area contributed by atoms with Gasteiger partial charge < -0.3 is 9.84 Å². The number of hydrogen-bond donors (Lipinski definition) is 2. The molecule has 0 atom stereocenters. The quantitative estimate of drug-likeness (QED) is 0.658. The third-order valence-corrected chi connectivity index (χ3v) is 5.36. The van der Waals surface area contributed by atoms with Gasteiger partial charge in [-0.3, -0.25) is 0 Å². The van der Waals surface area contributed by atoms with Crippen LogP contribution in [0.1, 0.15) is 16.8 Å². The summed E-state index contributed by atoms with van der Waals surface area (Å²) in [5.74, 6) is -0.632. The lowest BCUT2D eigenvalue weighted by atomic mass is 10.2. The summed E-state index contributed by atoms with van der Waals surface area (Å²) in [6.45, 7) is 0.383. The van der Waals surface area contributed by atoms with Crippen LogP contribution in [0.25, 0.3) is 0 Å². The van der Waals surface area contributed by atoms with E-state index in [1.807, 2.05) is 0 Å². The van der Waals surface area contributed by atoms with Gasteiger partial charge in [-0.1, -0.05) is 29.3 Å². The second-order valence-corrected chi connectivity index (χ2v) is 7.59. The number of aromatic carboxylic acids is 1. The van der Waals surface area contributed by atoms with Gasteiger partial charge in [0.15, 0.2) is 0 Å². The highest BCUT2D eigenvalue weighted by Crippen LogP contribution is 2.24. The molecule has 0 aliphatic carbocycles. The van der Waals surface area contributed by atoms with Crippen molar-refractivity contribution < 1.29 is 23.1 Å². The van der Waals surface area contributed by atoms with E-state index in [0.717, 1.165) is 0 Å². The predicted molar refractivity (Wildman–Crippen MR) is 95.2 cm³/mol. The lowest BCUT2D eigenvalue weighted by Crippen LogP contribution is -2.25. The number of benzene rings is 2. The van der Waals surface area contributed by atoms with Gasteiger partial charge in [0.05, 0.1) is 27.1 Å². The number of carbonyl (C=O) groups is 1. The smallest absolute Gasteiger partial charge is 0.335 e. The molecule has 9 heteroatoms. The second-order valence-electron chi connectivity index (χ2n) is 5.01. The minimum absolute atomic E-state index is 0.0250. The number of carboxylic acids is 1. The van der Waals surface area contributed by atoms with E-state index in [1.54, 1.807) is 12.1 Å². The van der Waals surface area contributed by atoms with E-state index >= 15 is 0 Å². The van der Waals surface area contributed by atoms with Crippen LogP contribution in [0.2, 0.25) is 10.0 Å². The van der Waals surface area contributed by atoms with Gasteiger partial charge in [0.1, 0.15) is 5.75 Å². The van der Waals surface area contributed by atoms with Gasteiger partial charge in [-0.25, -0.2) is 17.9 Å². The summed E-state index contributed by atoms with van der Waals surface area (Å²) in [6, 6.07) is 10.1. The molecule has 2 aromatic rings. The Morgan fingerprint density at radius 3 is 2.56 bits per heavy atom. The van der Waals surface area contributed by atoms with Crippen molar-refractivity contribution in [3.63, 3.8) is 0 Å². The molecule has 0 bridgehead atoms. The van der Waals surface area contributed by atoms with E-state index in [9.17, 15) is 13.2 Å². The molecule has 0 saturated carbocycles. The Kier molecular flexibility index (Phi) is 6.66. The van der Waals surface area contributed by atoms with Crippen molar-refractivity contribution in [3.05, 3.63) is 58.1 Å². The second kappa shape index (κ2) is 8.53. The third-order valence-electron chi connectivity index (χ3n) is 3.16. The molecule has 134 valence electrons. The van der Waals surface area contributed by atoms with Crippen LogP contribution in [0.4, 0.5) is 0 Å². The number of halogens is 2. The van der Waals surface area contributed by atoms with Crippen LogP contribution < -0.4 is 9.46 Å². The summed E-state index contributed by atoms with van der Waals surface area (Å²) in [7, 11) is -3.69. The van der Waals surface area contributed by atoms with Crippen LogP contribution >= 0.6 is 23.2 Å². The Morgan fingerprint density at radius 1 is 1.12 bits per heavy atom. The van der Waals surface area contributed by atoms with E-state index in [-0.39, 0.29) is 33.7 Å². The zero-order chi connectivity index (χ0) is 18.4. The zero-order valence-electron chi connectivity index (χ0n) is 12.9. The van der Waals surface area contributed by atoms with E-state index in [2.05, 4.69) is 4.72 Å². The van der Waals surface area contributed by atoms with E-state index < -0.39 is 16.0 Å². The Morgan fingerprint density at radius 2 is 1.88 bits per heavy atom. The number of sulfonamides is 1. The fourth-order valence-electron chi connectivity index (χ4n) is 1.91. The van der Waals surface area contributed by atoms with Crippen molar-refractivity contribution in [1.29, 1.82) is 0 Å². The normalized spacial score (nSPS) is 11.3. The number of carboxylic acid groups (broad SMARTS) is 1. The maximum Gasteiger partial charge on any atom is 0.335 e. The Bertz CT molecular complexity index is 871. The molecule has 2 N–H and O–H groups in total. The molecule has 0 amide bonds. The van der Waals surface area contributed by atoms with E-state index in [4.69, 9.17) is 33.0 Å². The van der Waals surface area contributed by atoms with Gasteiger partial charge in [-0.15, -0.1) is 0 Å². The molecule has 0 aliphatic heterocycles. The van der Waals surface area contributed by atoms with Crippen molar-refractivity contribution in [2.24, 2.45) is 0 Å². The highest BCUT2D eigenvalue weighted by Gasteiger charge is 2.14. The van der Waals surface area contributed by atoms with Gasteiger partial charge in [0.25, 0.3) is 0 Å². The molecule has 0 unspecified atom stereocenters. The zero-order valence-corrected chi connectivity index (χ0v) is 15.2. The first-order chi connectivity index (χ1) is 11.8. The molecule has 0 saturated heterocycles. The fourth-order valence-corrected chi connectivity index (χ4v) is 3.38. The maximum atomic E-state index is 12.1. The van der Waals surface area contributed by atoms with Crippen LogP contribution in [0.15, 0.2) is 47.4 Å². The van der Waals surface area contributed by atoms with Crippen LogP contribution in [0, 0.1) is 0 Å². The summed E-state index contributed by atoms with van der Waals surface area (Å²) >= 11 is 11.6. The van der Waals surface area contributed by atoms with Crippen molar-refractivity contribution in [2.45, 2.75) is 11.3 Å². The molecule has 0 spiro atoms. The van der Waals surface area contributed by atoms with Crippen LogP contribution in [0.3, 0.4) is 0 Å². The van der Waals surface area contributed by atoms with Crippen LogP contribution in [-0.2, 0) is 10.0 Å². The molecular weight excluding hydrogens is 389 g/mol. The molecule has 0 aliphatic rings. The highest BCUT2D eigenvalue weighted by atomic mass is 35.5. The number of rotatable bonds is 8. The van der Waals surface area contributed by atoms with Gasteiger partial charge in [-0.2, -0.15) is 0 Å². The molecule has 2 aromatic carbocycles. The molecule has 0 heterocycles. The van der Waals surface area contributed by atoms with Crippen molar-refractivity contribution in [1.82, 2.24) is 4.72 Å². The predicted octanol–water partition coefficient (Wildman–Crippen LogP) is 3.44. The fraction of sp³-hybridized carbons (Fsp3) is 0.188. The monoisotopic (exact) mass is 403 g/mol. The lowest BCUT2D eigenvalue weighted by molar-refractivity contribution is 0.0696. The van der Waals surface area contributed by atoms with Gasteiger partial charge in [0.2, 0.25) is 10.0 Å². The maximum absolute atomic E-state index is 12.1. The largest absolute Gasteiger partial charge is 0.494 e. The molecular formula is C16H15Cl2NO5S. The topological polar surface area (TPSA) is 92.7 Å². The minimum atomic E-state index is -3.69. The summed E-state index contributed by atoms with van der Waals surface area (Å²) in [6.07, 6.45) is 0.401. The van der Waals surface area contributed by atoms with Crippen LogP contribution in [0.5, 0.6) is 5.75 Å². The first-order valence-corrected chi connectivity index (χ1v) is 9.44. The summed E-state index contributed by atoms with van der Waals surface area (Å²) in [4.78, 5) is 10.9. The number of hydrogen-bond acceptors (Lipinski definition) is 4. The standard InChI is InChI=1S/C16H15Cl2NO5S/c17-14-6-5-13(10-15(14)18)25(22,23)19-7-2-8-24-12-4-1-3-11(9-12)16(20)21/h1,3-6,9-10,19H,2,7-8H2,(H,20,21). The lowest BCUT2D eigenvalue weighted by Gasteiger charge is -2.09. The molecule has 25 heavy (non-hydrogen) atoms. The summed E-state index contributed by atoms with van der Waals surface area (Å²) in [5, 5.41) is 9.34. The number of ether oxygens (including phenoxy) is 1. The molecule has 6 nitrogen and oxygen atoms in total. The summed E-state index contributed by atoms with van der Waals surface area (Å²) < 4.78 is 32.1. The first-order valence-electron chi connectivity index (χ1n) is 7.20. The van der Waals surface area contributed by atoms with Crippen LogP contribution in [-0.4, -0.2) is 32.6 Å². The highest BCUT2D eigenvalue weighted by molar-refractivity contribution is 7.89. The number of nitrogens with one attached hydrogen (secondary N) is 1. The third kappa shape index (κ3) is 5.61. The summed E-state index contributed by atoms with van der Waals surface area (Å²) in [5.41, 5.74) is 0.123. The molecule has 0 fully saturated rings. The van der Waals surface area contributed by atoms with Crippen molar-refractivity contribution >= 4 is 39.2 Å². The van der Waals surface area contributed by atoms with Crippen molar-refractivity contribution in [3.8, 4) is 5.75 Å². The molecule has 0 radical (unpaired) electrons. The Balaban J connectivity index is 1.83. The first kappa shape index (κ1) is 19.5. The van der Waals surface area contributed by atoms with Gasteiger partial charge in [0, 0.05) is 6.54 Å². The van der Waals surface area contributed by atoms with E-state index in [1.165, 1.54) is 30.3 Å². The SMILES string of the molecule is O=C(O)c1cccc(OCCCNS(=O)(=O)c2ccc(Cl)c(Cl)c2)c1. The van der Waals surface area contributed by atoms with E-state index in [0.29, 0.717) is 12.2 Å². The van der Waals surface area contributed by atoms with Gasteiger partial charge in [-0.05, 0) is 42.8 Å². The van der Waals surface area contributed by atoms with Crippen molar-refractivity contribution in [2.75, 3.05) is 13.2 Å². The minimum Gasteiger partial charge on any atom is -0.494 e. The Hall–Kier alpha value is -1.80. The Labute approximate surface area is 155 Å². The molecule has 0 aromatic heterocycles.